The van der Waals surface area contributed by atoms with Crippen molar-refractivity contribution in [3.8, 4) is 0 Å². The zero-order chi connectivity index (χ0) is 16.7. The lowest BCUT2D eigenvalue weighted by Gasteiger charge is -2.33. The Kier molecular flexibility index (Phi) is 6.69. The van der Waals surface area contributed by atoms with Gasteiger partial charge in [0, 0.05) is 45.8 Å². The van der Waals surface area contributed by atoms with Gasteiger partial charge in [0.05, 0.1) is 5.60 Å². The highest BCUT2D eigenvalue weighted by Gasteiger charge is 2.29. The summed E-state index contributed by atoms with van der Waals surface area (Å²) in [5.41, 5.74) is -0.101. The van der Waals surface area contributed by atoms with Crippen LogP contribution in [0.5, 0.6) is 0 Å². The summed E-state index contributed by atoms with van der Waals surface area (Å²) in [6.45, 7) is 7.37. The molecule has 0 radical (unpaired) electrons. The maximum absolute atomic E-state index is 12.3. The van der Waals surface area contributed by atoms with Crippen LogP contribution in [-0.2, 0) is 9.53 Å². The van der Waals surface area contributed by atoms with E-state index in [0.29, 0.717) is 19.0 Å². The molecule has 0 saturated carbocycles. The number of nitrogens with one attached hydrogen (secondary N) is 2. The monoisotopic (exact) mass is 324 g/mol. The Hall–Kier alpha value is -1.30. The molecule has 2 unspecified atom stereocenters. The SMILES string of the molecule is CN=C(NCCC(=O)N1CCCCC1C)NCC1(C)CCCO1. The van der Waals surface area contributed by atoms with Crippen molar-refractivity contribution >= 4 is 11.9 Å². The molecule has 2 aliphatic heterocycles. The van der Waals surface area contributed by atoms with Gasteiger partial charge < -0.3 is 20.3 Å². The molecule has 1 amide bonds. The van der Waals surface area contributed by atoms with E-state index in [9.17, 15) is 4.79 Å². The summed E-state index contributed by atoms with van der Waals surface area (Å²) in [6.07, 6.45) is 6.20. The third-order valence-electron chi connectivity index (χ3n) is 4.91. The number of carbonyl (C=O) groups is 1. The first-order chi connectivity index (χ1) is 11.0. The number of amides is 1. The van der Waals surface area contributed by atoms with Gasteiger partial charge in [0.25, 0.3) is 0 Å². The van der Waals surface area contributed by atoms with Crippen molar-refractivity contribution in [2.75, 3.05) is 33.3 Å². The summed E-state index contributed by atoms with van der Waals surface area (Å²) in [5, 5.41) is 6.53. The van der Waals surface area contributed by atoms with E-state index >= 15 is 0 Å². The first-order valence-electron chi connectivity index (χ1n) is 8.92. The Morgan fingerprint density at radius 2 is 2.17 bits per heavy atom. The van der Waals surface area contributed by atoms with Crippen LogP contribution in [0.25, 0.3) is 0 Å². The summed E-state index contributed by atoms with van der Waals surface area (Å²) in [6, 6.07) is 0.383. The highest BCUT2D eigenvalue weighted by atomic mass is 16.5. The van der Waals surface area contributed by atoms with Crippen molar-refractivity contribution in [2.45, 2.75) is 64.0 Å². The number of ether oxygens (including phenoxy) is 1. The van der Waals surface area contributed by atoms with Crippen molar-refractivity contribution in [1.82, 2.24) is 15.5 Å². The largest absolute Gasteiger partial charge is 0.373 e. The number of aliphatic imine (C=N–C) groups is 1. The molecular formula is C17H32N4O2. The molecule has 0 aliphatic carbocycles. The van der Waals surface area contributed by atoms with Gasteiger partial charge in [-0.15, -0.1) is 0 Å². The Morgan fingerprint density at radius 1 is 1.35 bits per heavy atom. The minimum Gasteiger partial charge on any atom is -0.373 e. The van der Waals surface area contributed by atoms with E-state index in [1.807, 2.05) is 4.90 Å². The zero-order valence-corrected chi connectivity index (χ0v) is 14.9. The van der Waals surface area contributed by atoms with Gasteiger partial charge in [-0.1, -0.05) is 0 Å². The Balaban J connectivity index is 1.68. The van der Waals surface area contributed by atoms with Crippen LogP contribution < -0.4 is 10.6 Å². The summed E-state index contributed by atoms with van der Waals surface area (Å²) in [7, 11) is 1.75. The predicted molar refractivity (Wildman–Crippen MR) is 92.6 cm³/mol. The van der Waals surface area contributed by atoms with Crippen LogP contribution in [0.1, 0.15) is 52.4 Å². The fourth-order valence-corrected chi connectivity index (χ4v) is 3.37. The molecule has 0 aromatic carbocycles. The van der Waals surface area contributed by atoms with Crippen molar-refractivity contribution in [3.63, 3.8) is 0 Å². The summed E-state index contributed by atoms with van der Waals surface area (Å²) < 4.78 is 5.76. The van der Waals surface area contributed by atoms with Crippen LogP contribution in [0.3, 0.4) is 0 Å². The molecule has 2 aliphatic rings. The van der Waals surface area contributed by atoms with Gasteiger partial charge in [0.1, 0.15) is 0 Å². The second kappa shape index (κ2) is 8.52. The molecule has 132 valence electrons. The lowest BCUT2D eigenvalue weighted by Crippen LogP contribution is -2.47. The van der Waals surface area contributed by atoms with Crippen LogP contribution in [0.4, 0.5) is 0 Å². The molecule has 2 fully saturated rings. The van der Waals surface area contributed by atoms with Crippen molar-refractivity contribution in [3.05, 3.63) is 0 Å². The van der Waals surface area contributed by atoms with Gasteiger partial charge in [0.2, 0.25) is 5.91 Å². The second-order valence-electron chi connectivity index (χ2n) is 6.94. The van der Waals surface area contributed by atoms with E-state index in [0.717, 1.165) is 51.3 Å². The van der Waals surface area contributed by atoms with Crippen molar-refractivity contribution in [2.24, 2.45) is 4.99 Å². The van der Waals surface area contributed by atoms with Crippen LogP contribution >= 0.6 is 0 Å². The molecule has 6 heteroatoms. The number of hydrogen-bond donors (Lipinski definition) is 2. The number of carbonyl (C=O) groups excluding carboxylic acids is 1. The van der Waals surface area contributed by atoms with Gasteiger partial charge in [0.15, 0.2) is 5.96 Å². The minimum atomic E-state index is -0.101. The number of hydrogen-bond acceptors (Lipinski definition) is 3. The maximum atomic E-state index is 12.3. The highest BCUT2D eigenvalue weighted by Crippen LogP contribution is 2.23. The minimum absolute atomic E-state index is 0.101. The molecule has 6 nitrogen and oxygen atoms in total. The summed E-state index contributed by atoms with van der Waals surface area (Å²) in [4.78, 5) is 18.5. The zero-order valence-electron chi connectivity index (χ0n) is 14.9. The third kappa shape index (κ3) is 5.37. The van der Waals surface area contributed by atoms with E-state index in [1.54, 1.807) is 7.05 Å². The molecule has 2 N–H and O–H groups in total. The first-order valence-corrected chi connectivity index (χ1v) is 8.92. The number of guanidine groups is 1. The van der Waals surface area contributed by atoms with Gasteiger partial charge in [-0.3, -0.25) is 9.79 Å². The second-order valence-corrected chi connectivity index (χ2v) is 6.94. The van der Waals surface area contributed by atoms with Crippen molar-refractivity contribution < 1.29 is 9.53 Å². The molecule has 23 heavy (non-hydrogen) atoms. The average molecular weight is 324 g/mol. The molecule has 2 atom stereocenters. The molecule has 0 bridgehead atoms. The van der Waals surface area contributed by atoms with E-state index in [2.05, 4.69) is 29.5 Å². The molecule has 0 aromatic heterocycles. The predicted octanol–water partition coefficient (Wildman–Crippen LogP) is 1.51. The molecule has 2 saturated heterocycles. The lowest BCUT2D eigenvalue weighted by atomic mass is 10.0. The van der Waals surface area contributed by atoms with E-state index in [4.69, 9.17) is 4.74 Å². The maximum Gasteiger partial charge on any atom is 0.224 e. The Morgan fingerprint density at radius 3 is 2.83 bits per heavy atom. The number of likely N-dealkylation sites (tertiary alicyclic amines) is 1. The summed E-state index contributed by atoms with van der Waals surface area (Å²) >= 11 is 0. The van der Waals surface area contributed by atoms with Gasteiger partial charge in [-0.05, 0) is 46.0 Å². The van der Waals surface area contributed by atoms with Gasteiger partial charge >= 0.3 is 0 Å². The average Bonchev–Trinajstić information content (AvgIpc) is 2.98. The fraction of sp³-hybridized carbons (Fsp3) is 0.882. The molecule has 2 rings (SSSR count). The normalized spacial score (nSPS) is 28.7. The molecule has 0 aromatic rings. The van der Waals surface area contributed by atoms with Gasteiger partial charge in [-0.2, -0.15) is 0 Å². The van der Waals surface area contributed by atoms with Gasteiger partial charge in [-0.25, -0.2) is 0 Å². The first kappa shape index (κ1) is 18.0. The smallest absolute Gasteiger partial charge is 0.224 e. The topological polar surface area (TPSA) is 66.0 Å². The van der Waals surface area contributed by atoms with Crippen LogP contribution in [0, 0.1) is 0 Å². The van der Waals surface area contributed by atoms with Crippen LogP contribution in [-0.4, -0.2) is 61.7 Å². The van der Waals surface area contributed by atoms with E-state index in [1.165, 1.54) is 6.42 Å². The van der Waals surface area contributed by atoms with E-state index in [-0.39, 0.29) is 11.5 Å². The standard InChI is InChI=1S/C17H32N4O2/c1-14-7-4-5-11-21(14)15(22)8-10-19-16(18-3)20-13-17(2)9-6-12-23-17/h14H,4-13H2,1-3H3,(H2,18,19,20). The quantitative estimate of drug-likeness (QED) is 0.594. The molecular weight excluding hydrogens is 292 g/mol. The van der Waals surface area contributed by atoms with Crippen LogP contribution in [0.15, 0.2) is 4.99 Å². The Bertz CT molecular complexity index is 419. The molecule has 0 spiro atoms. The van der Waals surface area contributed by atoms with Crippen LogP contribution in [0.2, 0.25) is 0 Å². The summed E-state index contributed by atoms with van der Waals surface area (Å²) in [5.74, 6) is 0.979. The highest BCUT2D eigenvalue weighted by molar-refractivity contribution is 5.81. The fourth-order valence-electron chi connectivity index (χ4n) is 3.37. The number of nitrogens with zero attached hydrogens (tertiary/aromatic N) is 2. The van der Waals surface area contributed by atoms with E-state index < -0.39 is 0 Å². The van der Waals surface area contributed by atoms with Crippen molar-refractivity contribution in [1.29, 1.82) is 0 Å². The lowest BCUT2D eigenvalue weighted by molar-refractivity contribution is -0.134. The number of piperidine rings is 1. The Labute approximate surface area is 140 Å². The third-order valence-corrected chi connectivity index (χ3v) is 4.91. The number of rotatable bonds is 5. The molecule has 2 heterocycles.